The van der Waals surface area contributed by atoms with Crippen LogP contribution in [0.4, 0.5) is 0 Å². The van der Waals surface area contributed by atoms with Gasteiger partial charge < -0.3 is 19.3 Å². The van der Waals surface area contributed by atoms with Gasteiger partial charge in [-0.15, -0.1) is 0 Å². The molecule has 1 rings (SSSR count). The minimum absolute atomic E-state index is 0.0282. The van der Waals surface area contributed by atoms with Gasteiger partial charge in [-0.2, -0.15) is 0 Å². The van der Waals surface area contributed by atoms with Crippen LogP contribution >= 0.6 is 7.60 Å². The number of hydrogen-bond acceptors (Lipinski definition) is 7. The third-order valence-electron chi connectivity index (χ3n) is 2.99. The average Bonchev–Trinajstić information content (AvgIpc) is 2.44. The number of ether oxygens (including phenoxy) is 2. The molecular weight excluding hydrogens is 365 g/mol. The summed E-state index contributed by atoms with van der Waals surface area (Å²) >= 11 is 0. The van der Waals surface area contributed by atoms with Crippen LogP contribution in [0.15, 0.2) is 18.2 Å². The molecule has 12 heteroatoms. The van der Waals surface area contributed by atoms with E-state index in [0.29, 0.717) is 0 Å². The van der Waals surface area contributed by atoms with E-state index in [4.69, 9.17) is 14.7 Å². The Morgan fingerprint density at radius 3 is 2.00 bits per heavy atom. The number of methoxy groups -OCH3 is 2. The maximum absolute atomic E-state index is 12.4. The molecule has 0 aliphatic carbocycles. The summed E-state index contributed by atoms with van der Waals surface area (Å²) in [5, 5.41) is 9.02. The molecule has 0 bridgehead atoms. The number of nitrogens with zero attached hydrogens (tertiary/aromatic N) is 1. The number of sulfone groups is 1. The Morgan fingerprint density at radius 1 is 1.21 bits per heavy atom. The summed E-state index contributed by atoms with van der Waals surface area (Å²) in [6.07, 6.45) is 0. The Kier molecular flexibility index (Phi) is 6.37. The first kappa shape index (κ1) is 20.4. The van der Waals surface area contributed by atoms with Crippen molar-refractivity contribution < 1.29 is 42.2 Å². The van der Waals surface area contributed by atoms with Crippen molar-refractivity contribution in [1.82, 2.24) is 5.06 Å². The lowest BCUT2D eigenvalue weighted by molar-refractivity contribution is -0.156. The topological polar surface area (TPSA) is 151 Å². The van der Waals surface area contributed by atoms with Gasteiger partial charge in [-0.1, -0.05) is 0 Å². The molecule has 0 radical (unpaired) electrons. The monoisotopic (exact) mass is 383 g/mol. The molecule has 1 amide bonds. The van der Waals surface area contributed by atoms with Crippen molar-refractivity contribution in [3.05, 3.63) is 23.8 Å². The van der Waals surface area contributed by atoms with Crippen LogP contribution in [0.25, 0.3) is 0 Å². The predicted molar refractivity (Wildman–Crippen MR) is 82.7 cm³/mol. The Morgan fingerprint density at radius 2 is 1.67 bits per heavy atom. The molecule has 1 aromatic carbocycles. The molecule has 0 aliphatic rings. The fraction of sp³-hybridized carbons (Fsp3) is 0.417. The van der Waals surface area contributed by atoms with Crippen LogP contribution < -0.4 is 9.47 Å². The highest BCUT2D eigenvalue weighted by molar-refractivity contribution is 7.98. The van der Waals surface area contributed by atoms with Gasteiger partial charge in [0, 0.05) is 13.1 Å². The van der Waals surface area contributed by atoms with Gasteiger partial charge in [-0.05, 0) is 17.7 Å². The number of carbonyl (C=O) groups excluding carboxylic acids is 1. The van der Waals surface area contributed by atoms with E-state index in [1.807, 2.05) is 0 Å². The van der Waals surface area contributed by atoms with Crippen molar-refractivity contribution in [2.75, 3.05) is 27.0 Å². The van der Waals surface area contributed by atoms with E-state index in [0.717, 1.165) is 19.2 Å². The first-order valence-corrected chi connectivity index (χ1v) is 9.77. The molecule has 1 aromatic rings. The summed E-state index contributed by atoms with van der Waals surface area (Å²) in [7, 11) is -6.41. The SMILES string of the molecule is COc1cc(OC)cc(C(P(=O)(O)O)S(=O)(=O)CC(=O)N(C)O)c1. The zero-order valence-electron chi connectivity index (χ0n) is 13.1. The molecule has 0 spiro atoms. The van der Waals surface area contributed by atoms with Gasteiger partial charge in [-0.3, -0.25) is 14.6 Å². The van der Waals surface area contributed by atoms with Crippen LogP contribution in [0.3, 0.4) is 0 Å². The fourth-order valence-electron chi connectivity index (χ4n) is 1.93. The molecule has 24 heavy (non-hydrogen) atoms. The van der Waals surface area contributed by atoms with Crippen LogP contribution in [0, 0.1) is 0 Å². The number of benzene rings is 1. The number of amides is 1. The second kappa shape index (κ2) is 7.49. The molecule has 0 fully saturated rings. The molecule has 0 saturated heterocycles. The molecule has 10 nitrogen and oxygen atoms in total. The van der Waals surface area contributed by atoms with Crippen molar-refractivity contribution >= 4 is 23.3 Å². The Labute approximate surface area is 138 Å². The van der Waals surface area contributed by atoms with E-state index < -0.39 is 34.1 Å². The second-order valence-electron chi connectivity index (χ2n) is 4.81. The summed E-state index contributed by atoms with van der Waals surface area (Å²) in [5.74, 6) is -2.29. The Hall–Kier alpha value is -1.65. The van der Waals surface area contributed by atoms with E-state index in [-0.39, 0.29) is 22.1 Å². The van der Waals surface area contributed by atoms with E-state index in [9.17, 15) is 27.6 Å². The second-order valence-corrected chi connectivity index (χ2v) is 8.94. The van der Waals surface area contributed by atoms with E-state index in [1.165, 1.54) is 20.3 Å². The van der Waals surface area contributed by atoms with E-state index in [1.54, 1.807) is 0 Å². The highest BCUT2D eigenvalue weighted by Crippen LogP contribution is 2.56. The van der Waals surface area contributed by atoms with E-state index >= 15 is 0 Å². The van der Waals surface area contributed by atoms with Gasteiger partial charge >= 0.3 is 7.60 Å². The first-order chi connectivity index (χ1) is 10.9. The minimum atomic E-state index is -5.22. The lowest BCUT2D eigenvalue weighted by Gasteiger charge is -2.21. The molecule has 0 aliphatic heterocycles. The van der Waals surface area contributed by atoms with Crippen molar-refractivity contribution in [2.24, 2.45) is 0 Å². The third-order valence-corrected chi connectivity index (χ3v) is 7.29. The number of carbonyl (C=O) groups is 1. The summed E-state index contributed by atoms with van der Waals surface area (Å²) in [6.45, 7) is 0. The van der Waals surface area contributed by atoms with Crippen molar-refractivity contribution in [3.63, 3.8) is 0 Å². The van der Waals surface area contributed by atoms with Crippen LogP contribution in [-0.4, -0.2) is 61.4 Å². The van der Waals surface area contributed by atoms with Crippen molar-refractivity contribution in [1.29, 1.82) is 0 Å². The quantitative estimate of drug-likeness (QED) is 0.339. The number of hydrogen-bond donors (Lipinski definition) is 3. The molecular formula is C12H18NO9PS. The summed E-state index contributed by atoms with van der Waals surface area (Å²) < 4.78 is 46.4. The minimum Gasteiger partial charge on any atom is -0.497 e. The number of rotatable bonds is 7. The maximum atomic E-state index is 12.4. The van der Waals surface area contributed by atoms with Gasteiger partial charge in [0.05, 0.1) is 14.2 Å². The third kappa shape index (κ3) is 4.92. The molecule has 3 N–H and O–H groups in total. The normalized spacial score (nSPS) is 13.2. The number of hydroxylamine groups is 2. The van der Waals surface area contributed by atoms with Gasteiger partial charge in [-0.25, -0.2) is 13.5 Å². The molecule has 136 valence electrons. The lowest BCUT2D eigenvalue weighted by atomic mass is 10.2. The van der Waals surface area contributed by atoms with Gasteiger partial charge in [0.1, 0.15) is 17.3 Å². The zero-order chi connectivity index (χ0) is 18.7. The summed E-state index contributed by atoms with van der Waals surface area (Å²) in [4.78, 5) is 28.2. The first-order valence-electron chi connectivity index (χ1n) is 6.37. The fourth-order valence-corrected chi connectivity index (χ4v) is 5.60. The molecule has 0 aromatic heterocycles. The molecule has 1 unspecified atom stereocenters. The van der Waals surface area contributed by atoms with Crippen LogP contribution in [0.5, 0.6) is 11.5 Å². The van der Waals surface area contributed by atoms with Gasteiger partial charge in [0.15, 0.2) is 14.8 Å². The summed E-state index contributed by atoms with van der Waals surface area (Å²) in [6, 6.07) is 3.63. The highest BCUT2D eigenvalue weighted by Gasteiger charge is 2.43. The van der Waals surface area contributed by atoms with E-state index in [2.05, 4.69) is 0 Å². The van der Waals surface area contributed by atoms with Crippen molar-refractivity contribution in [3.8, 4) is 11.5 Å². The van der Waals surface area contributed by atoms with Crippen LogP contribution in [0.2, 0.25) is 0 Å². The standard InChI is InChI=1S/C12H18NO9PS/c1-13(15)11(14)7-24(19,20)12(23(16,17)18)8-4-9(21-2)6-10(5-8)22-3/h4-6,12,15H,7H2,1-3H3,(H2,16,17,18). The molecule has 0 heterocycles. The van der Waals surface area contributed by atoms with Crippen molar-refractivity contribution in [2.45, 2.75) is 4.99 Å². The maximum Gasteiger partial charge on any atom is 0.348 e. The van der Waals surface area contributed by atoms with Crippen LogP contribution in [-0.2, 0) is 19.2 Å². The van der Waals surface area contributed by atoms with Gasteiger partial charge in [0.2, 0.25) is 0 Å². The molecule has 0 saturated carbocycles. The average molecular weight is 383 g/mol. The van der Waals surface area contributed by atoms with Crippen LogP contribution in [0.1, 0.15) is 10.6 Å². The Bertz CT molecular complexity index is 734. The molecule has 1 atom stereocenters. The lowest BCUT2D eigenvalue weighted by Crippen LogP contribution is -2.32. The van der Waals surface area contributed by atoms with Gasteiger partial charge in [0.25, 0.3) is 5.91 Å². The summed E-state index contributed by atoms with van der Waals surface area (Å²) in [5.41, 5.74) is -0.298. The predicted octanol–water partition coefficient (Wildman–Crippen LogP) is 0.142. The Balaban J connectivity index is 3.49. The zero-order valence-corrected chi connectivity index (χ0v) is 14.8. The largest absolute Gasteiger partial charge is 0.497 e. The highest BCUT2D eigenvalue weighted by atomic mass is 32.2. The smallest absolute Gasteiger partial charge is 0.348 e.